The van der Waals surface area contributed by atoms with Crippen molar-refractivity contribution in [2.45, 2.75) is 44.5 Å². The molecule has 0 aliphatic carbocycles. The molecule has 0 bridgehead atoms. The summed E-state index contributed by atoms with van der Waals surface area (Å²) in [6.45, 7) is 3.71. The summed E-state index contributed by atoms with van der Waals surface area (Å²) in [5, 5.41) is 37.0. The molecular formula is C8H18O4. The zero-order valence-electron chi connectivity index (χ0n) is 7.78. The second kappa shape index (κ2) is 3.70. The van der Waals surface area contributed by atoms with Crippen molar-refractivity contribution < 1.29 is 20.4 Å². The van der Waals surface area contributed by atoms with E-state index in [1.807, 2.05) is 0 Å². The lowest BCUT2D eigenvalue weighted by Gasteiger charge is -2.38. The Morgan fingerprint density at radius 2 is 1.67 bits per heavy atom. The summed E-state index contributed by atoms with van der Waals surface area (Å²) in [5.74, 6) is 0. The fourth-order valence-corrected chi connectivity index (χ4v) is 0.996. The van der Waals surface area contributed by atoms with Crippen LogP contribution in [-0.2, 0) is 0 Å². The quantitative estimate of drug-likeness (QED) is 0.456. The van der Waals surface area contributed by atoms with Gasteiger partial charge in [0.25, 0.3) is 0 Å². The lowest BCUT2D eigenvalue weighted by Crippen LogP contribution is -2.54. The Morgan fingerprint density at radius 1 is 1.25 bits per heavy atom. The minimum absolute atomic E-state index is 0.0486. The zero-order valence-corrected chi connectivity index (χ0v) is 7.78. The highest BCUT2D eigenvalue weighted by Crippen LogP contribution is 2.26. The van der Waals surface area contributed by atoms with Gasteiger partial charge in [-0.05, 0) is 20.8 Å². The van der Waals surface area contributed by atoms with Gasteiger partial charge in [0.1, 0.15) is 5.60 Å². The highest BCUT2D eigenvalue weighted by molar-refractivity contribution is 4.94. The first-order valence-electron chi connectivity index (χ1n) is 3.96. The highest BCUT2D eigenvalue weighted by atomic mass is 16.4. The zero-order chi connectivity index (χ0) is 9.99. The molecule has 0 aliphatic heterocycles. The van der Waals surface area contributed by atoms with Gasteiger partial charge in [-0.3, -0.25) is 0 Å². The third-order valence-electron chi connectivity index (χ3n) is 2.03. The van der Waals surface area contributed by atoms with Crippen molar-refractivity contribution in [1.29, 1.82) is 0 Å². The predicted octanol–water partition coefficient (Wildman–Crippen LogP) is -0.748. The number of hydrogen-bond acceptors (Lipinski definition) is 4. The van der Waals surface area contributed by atoms with Crippen molar-refractivity contribution in [2.24, 2.45) is 0 Å². The summed E-state index contributed by atoms with van der Waals surface area (Å²) in [6.07, 6.45) is -0.805. The fourth-order valence-electron chi connectivity index (χ4n) is 0.996. The summed E-state index contributed by atoms with van der Waals surface area (Å²) < 4.78 is 0. The number of aliphatic hydroxyl groups excluding tert-OH is 2. The molecule has 0 aromatic rings. The van der Waals surface area contributed by atoms with Crippen LogP contribution in [0.5, 0.6) is 0 Å². The lowest BCUT2D eigenvalue weighted by molar-refractivity contribution is -0.168. The van der Waals surface area contributed by atoms with Crippen molar-refractivity contribution in [2.75, 3.05) is 6.61 Å². The van der Waals surface area contributed by atoms with E-state index in [1.165, 1.54) is 20.8 Å². The molecule has 0 aliphatic rings. The molecule has 4 heteroatoms. The first-order valence-corrected chi connectivity index (χ1v) is 3.96. The van der Waals surface area contributed by atoms with Crippen LogP contribution in [0.3, 0.4) is 0 Å². The predicted molar refractivity (Wildman–Crippen MR) is 44.6 cm³/mol. The maximum absolute atomic E-state index is 9.67. The summed E-state index contributed by atoms with van der Waals surface area (Å²) in [5.41, 5.74) is -3.06. The highest BCUT2D eigenvalue weighted by Gasteiger charge is 2.42. The summed E-state index contributed by atoms with van der Waals surface area (Å²) in [4.78, 5) is 0. The van der Waals surface area contributed by atoms with Gasteiger partial charge in [-0.1, -0.05) is 0 Å². The Kier molecular flexibility index (Phi) is 3.65. The first kappa shape index (κ1) is 11.8. The van der Waals surface area contributed by atoms with Crippen LogP contribution < -0.4 is 0 Å². The number of rotatable bonds is 4. The van der Waals surface area contributed by atoms with E-state index in [1.54, 1.807) is 0 Å². The maximum atomic E-state index is 9.67. The molecule has 0 aromatic heterocycles. The van der Waals surface area contributed by atoms with E-state index in [0.717, 1.165) is 0 Å². The van der Waals surface area contributed by atoms with E-state index in [0.29, 0.717) is 0 Å². The smallest absolute Gasteiger partial charge is 0.118 e. The molecule has 0 heterocycles. The molecule has 74 valence electrons. The average molecular weight is 178 g/mol. The molecule has 0 spiro atoms. The molecule has 4 N–H and O–H groups in total. The molecule has 0 radical (unpaired) electrons. The molecule has 0 amide bonds. The minimum atomic E-state index is -1.64. The van der Waals surface area contributed by atoms with Gasteiger partial charge < -0.3 is 20.4 Å². The molecule has 12 heavy (non-hydrogen) atoms. The van der Waals surface area contributed by atoms with Crippen LogP contribution in [0, 0.1) is 0 Å². The van der Waals surface area contributed by atoms with E-state index in [2.05, 4.69) is 0 Å². The SMILES string of the molecule is C[C@H](O)C[C@@](O)(CO)C(C)(C)O. The van der Waals surface area contributed by atoms with E-state index < -0.39 is 23.9 Å². The summed E-state index contributed by atoms with van der Waals surface area (Å²) >= 11 is 0. The van der Waals surface area contributed by atoms with Crippen molar-refractivity contribution in [3.63, 3.8) is 0 Å². The van der Waals surface area contributed by atoms with Crippen LogP contribution in [0.2, 0.25) is 0 Å². The molecule has 2 atom stereocenters. The average Bonchev–Trinajstić information content (AvgIpc) is 1.83. The molecule has 0 rings (SSSR count). The van der Waals surface area contributed by atoms with Crippen molar-refractivity contribution in [3.8, 4) is 0 Å². The Balaban J connectivity index is 4.46. The van der Waals surface area contributed by atoms with Gasteiger partial charge in [0.2, 0.25) is 0 Å². The molecule has 0 saturated heterocycles. The van der Waals surface area contributed by atoms with Crippen molar-refractivity contribution >= 4 is 0 Å². The normalized spacial score (nSPS) is 20.2. The molecular weight excluding hydrogens is 160 g/mol. The Bertz CT molecular complexity index is 138. The first-order chi connectivity index (χ1) is 5.23. The molecule has 0 aromatic carbocycles. The van der Waals surface area contributed by atoms with Crippen molar-refractivity contribution in [3.05, 3.63) is 0 Å². The number of hydrogen-bond donors (Lipinski definition) is 4. The van der Waals surface area contributed by atoms with Gasteiger partial charge in [0, 0.05) is 6.42 Å². The summed E-state index contributed by atoms with van der Waals surface area (Å²) in [7, 11) is 0. The third-order valence-corrected chi connectivity index (χ3v) is 2.03. The van der Waals surface area contributed by atoms with Crippen LogP contribution in [0.25, 0.3) is 0 Å². The second-order valence-electron chi connectivity index (χ2n) is 3.80. The van der Waals surface area contributed by atoms with Gasteiger partial charge in [0.05, 0.1) is 18.3 Å². The topological polar surface area (TPSA) is 80.9 Å². The standard InChI is InChI=1S/C8H18O4/c1-6(10)4-8(12,5-9)7(2,3)11/h6,9-12H,4-5H2,1-3H3/t6-,8+/m0/s1. The van der Waals surface area contributed by atoms with Crippen LogP contribution in [0.15, 0.2) is 0 Å². The monoisotopic (exact) mass is 178 g/mol. The Hall–Kier alpha value is -0.160. The molecule has 0 unspecified atom stereocenters. The maximum Gasteiger partial charge on any atom is 0.118 e. The van der Waals surface area contributed by atoms with Gasteiger partial charge in [-0.25, -0.2) is 0 Å². The lowest BCUT2D eigenvalue weighted by atomic mass is 9.82. The van der Waals surface area contributed by atoms with E-state index >= 15 is 0 Å². The van der Waals surface area contributed by atoms with E-state index in [-0.39, 0.29) is 6.42 Å². The second-order valence-corrected chi connectivity index (χ2v) is 3.80. The largest absolute Gasteiger partial charge is 0.393 e. The number of aliphatic hydroxyl groups is 4. The third kappa shape index (κ3) is 2.71. The van der Waals surface area contributed by atoms with Gasteiger partial charge in [0.15, 0.2) is 0 Å². The van der Waals surface area contributed by atoms with Gasteiger partial charge in [-0.15, -0.1) is 0 Å². The van der Waals surface area contributed by atoms with Crippen LogP contribution >= 0.6 is 0 Å². The van der Waals surface area contributed by atoms with Crippen LogP contribution in [0.4, 0.5) is 0 Å². The molecule has 0 fully saturated rings. The Morgan fingerprint density at radius 3 is 1.75 bits per heavy atom. The van der Waals surface area contributed by atoms with Crippen LogP contribution in [-0.4, -0.2) is 44.3 Å². The van der Waals surface area contributed by atoms with Crippen molar-refractivity contribution in [1.82, 2.24) is 0 Å². The molecule has 0 saturated carbocycles. The van der Waals surface area contributed by atoms with Gasteiger partial charge in [-0.2, -0.15) is 0 Å². The fraction of sp³-hybridized carbons (Fsp3) is 1.00. The summed E-state index contributed by atoms with van der Waals surface area (Å²) in [6, 6.07) is 0. The van der Waals surface area contributed by atoms with E-state index in [9.17, 15) is 10.2 Å². The Labute approximate surface area is 72.5 Å². The van der Waals surface area contributed by atoms with Crippen LogP contribution in [0.1, 0.15) is 27.2 Å². The van der Waals surface area contributed by atoms with Gasteiger partial charge >= 0.3 is 0 Å². The minimum Gasteiger partial charge on any atom is -0.393 e. The molecule has 4 nitrogen and oxygen atoms in total. The van der Waals surface area contributed by atoms with E-state index in [4.69, 9.17) is 10.2 Å².